The zero-order valence-corrected chi connectivity index (χ0v) is 10.8. The van der Waals surface area contributed by atoms with Crippen LogP contribution < -0.4 is 16.6 Å². The van der Waals surface area contributed by atoms with E-state index >= 15 is 0 Å². The largest absolute Gasteiger partial charge is 0.365 e. The summed E-state index contributed by atoms with van der Waals surface area (Å²) in [5.41, 5.74) is 3.62. The van der Waals surface area contributed by atoms with Gasteiger partial charge in [0.2, 0.25) is 5.95 Å². The zero-order valence-electron chi connectivity index (χ0n) is 10.00. The normalized spacial score (nSPS) is 10.6. The number of thiophene rings is 1. The van der Waals surface area contributed by atoms with Crippen LogP contribution in [-0.2, 0) is 6.54 Å². The molecular weight excluding hydrogens is 260 g/mol. The fraction of sp³-hybridized carbons (Fsp3) is 0.0833. The molecule has 3 aromatic heterocycles. The molecule has 96 valence electrons. The minimum absolute atomic E-state index is 0.409. The van der Waals surface area contributed by atoms with E-state index in [1.54, 1.807) is 23.7 Å². The lowest BCUT2D eigenvalue weighted by atomic mass is 10.2. The first-order chi connectivity index (χ1) is 9.36. The third kappa shape index (κ3) is 2.47. The lowest BCUT2D eigenvalue weighted by Crippen LogP contribution is -2.12. The quantitative estimate of drug-likeness (QED) is 0.497. The topological polar surface area (TPSA) is 88.8 Å². The number of nitrogens with one attached hydrogen (secondary N) is 2. The summed E-state index contributed by atoms with van der Waals surface area (Å²) in [6.07, 6.45) is 3.54. The zero-order chi connectivity index (χ0) is 13.1. The van der Waals surface area contributed by atoms with E-state index in [0.29, 0.717) is 12.5 Å². The average Bonchev–Trinajstić information content (AvgIpc) is 2.94. The third-order valence-electron chi connectivity index (χ3n) is 2.66. The van der Waals surface area contributed by atoms with Crippen molar-refractivity contribution in [2.75, 3.05) is 10.7 Å². The Morgan fingerprint density at radius 3 is 2.79 bits per heavy atom. The number of pyridine rings is 1. The molecule has 0 atom stereocenters. The second-order valence-corrected chi connectivity index (χ2v) is 4.78. The van der Waals surface area contributed by atoms with Crippen molar-refractivity contribution in [1.29, 1.82) is 0 Å². The van der Waals surface area contributed by atoms with Crippen LogP contribution in [0.2, 0.25) is 0 Å². The number of fused-ring (bicyclic) bond motifs is 1. The average molecular weight is 272 g/mol. The Balaban J connectivity index is 1.89. The first-order valence-corrected chi connectivity index (χ1v) is 6.59. The maximum absolute atomic E-state index is 5.38. The van der Waals surface area contributed by atoms with E-state index in [1.807, 2.05) is 23.6 Å². The molecule has 0 amide bonds. The van der Waals surface area contributed by atoms with Gasteiger partial charge in [-0.15, -0.1) is 11.3 Å². The molecule has 0 saturated carbocycles. The van der Waals surface area contributed by atoms with Gasteiger partial charge in [-0.2, -0.15) is 4.98 Å². The summed E-state index contributed by atoms with van der Waals surface area (Å²) in [4.78, 5) is 13.5. The molecule has 3 aromatic rings. The van der Waals surface area contributed by atoms with E-state index in [-0.39, 0.29) is 0 Å². The van der Waals surface area contributed by atoms with Crippen LogP contribution in [0.3, 0.4) is 0 Å². The molecule has 0 unspecified atom stereocenters. The Morgan fingerprint density at radius 2 is 2.00 bits per heavy atom. The summed E-state index contributed by atoms with van der Waals surface area (Å²) in [6, 6.07) is 5.91. The Hall–Kier alpha value is -2.25. The van der Waals surface area contributed by atoms with Gasteiger partial charge in [-0.3, -0.25) is 10.4 Å². The van der Waals surface area contributed by atoms with Gasteiger partial charge in [0, 0.05) is 18.9 Å². The van der Waals surface area contributed by atoms with Crippen LogP contribution in [-0.4, -0.2) is 15.0 Å². The lowest BCUT2D eigenvalue weighted by Gasteiger charge is -2.08. The van der Waals surface area contributed by atoms with Crippen molar-refractivity contribution in [3.05, 3.63) is 41.5 Å². The first-order valence-electron chi connectivity index (χ1n) is 5.71. The molecule has 0 fully saturated rings. The van der Waals surface area contributed by atoms with Gasteiger partial charge in [0.25, 0.3) is 0 Å². The van der Waals surface area contributed by atoms with Gasteiger partial charge in [-0.25, -0.2) is 10.8 Å². The highest BCUT2D eigenvalue weighted by Crippen LogP contribution is 2.26. The summed E-state index contributed by atoms with van der Waals surface area (Å²) in [6.45, 7) is 0.675. The van der Waals surface area contributed by atoms with E-state index in [9.17, 15) is 0 Å². The maximum Gasteiger partial charge on any atom is 0.240 e. The van der Waals surface area contributed by atoms with Gasteiger partial charge in [0.1, 0.15) is 10.6 Å². The molecule has 0 radical (unpaired) electrons. The van der Waals surface area contributed by atoms with Gasteiger partial charge >= 0.3 is 0 Å². The van der Waals surface area contributed by atoms with Crippen LogP contribution in [0.4, 0.5) is 11.8 Å². The molecule has 0 aliphatic heterocycles. The van der Waals surface area contributed by atoms with Crippen molar-refractivity contribution in [3.63, 3.8) is 0 Å². The van der Waals surface area contributed by atoms with Crippen LogP contribution in [0.5, 0.6) is 0 Å². The van der Waals surface area contributed by atoms with Gasteiger partial charge in [0.15, 0.2) is 0 Å². The molecule has 3 heterocycles. The number of rotatable bonds is 4. The molecular formula is C12H12N6S. The highest BCUT2D eigenvalue weighted by Gasteiger charge is 2.07. The van der Waals surface area contributed by atoms with Crippen LogP contribution in [0.15, 0.2) is 36.0 Å². The minimum atomic E-state index is 0.409. The van der Waals surface area contributed by atoms with Crippen LogP contribution in [0, 0.1) is 0 Å². The second-order valence-electron chi connectivity index (χ2n) is 3.89. The van der Waals surface area contributed by atoms with Crippen LogP contribution >= 0.6 is 11.3 Å². The SMILES string of the molecule is NNc1nc(NCc2ccncc2)c2ccsc2n1. The van der Waals surface area contributed by atoms with E-state index < -0.39 is 0 Å². The summed E-state index contributed by atoms with van der Waals surface area (Å²) < 4.78 is 0. The summed E-state index contributed by atoms with van der Waals surface area (Å²) in [5.74, 6) is 6.56. The molecule has 3 rings (SSSR count). The molecule has 6 nitrogen and oxygen atoms in total. The Labute approximate surface area is 113 Å². The van der Waals surface area contributed by atoms with E-state index in [1.165, 1.54) is 0 Å². The molecule has 0 spiro atoms. The van der Waals surface area contributed by atoms with Crippen LogP contribution in [0.25, 0.3) is 10.2 Å². The van der Waals surface area contributed by atoms with E-state index in [0.717, 1.165) is 21.6 Å². The Kier molecular flexibility index (Phi) is 3.21. The van der Waals surface area contributed by atoms with Gasteiger partial charge < -0.3 is 5.32 Å². The highest BCUT2D eigenvalue weighted by molar-refractivity contribution is 7.16. The predicted octanol–water partition coefficient (Wildman–Crippen LogP) is 1.98. The molecule has 0 bridgehead atoms. The number of hydrogen-bond donors (Lipinski definition) is 3. The number of hydrazine groups is 1. The highest BCUT2D eigenvalue weighted by atomic mass is 32.1. The number of anilines is 2. The lowest BCUT2D eigenvalue weighted by molar-refractivity contribution is 1.08. The molecule has 0 aliphatic rings. The summed E-state index contributed by atoms with van der Waals surface area (Å²) >= 11 is 1.56. The third-order valence-corrected chi connectivity index (χ3v) is 3.47. The fourth-order valence-corrected chi connectivity index (χ4v) is 2.51. The number of nitrogens with zero attached hydrogens (tertiary/aromatic N) is 3. The molecule has 0 saturated heterocycles. The van der Waals surface area contributed by atoms with Crippen molar-refractivity contribution in [1.82, 2.24) is 15.0 Å². The van der Waals surface area contributed by atoms with Gasteiger partial charge in [-0.1, -0.05) is 0 Å². The summed E-state index contributed by atoms with van der Waals surface area (Å²) in [7, 11) is 0. The number of hydrogen-bond acceptors (Lipinski definition) is 7. The monoisotopic (exact) mass is 272 g/mol. The predicted molar refractivity (Wildman–Crippen MR) is 76.8 cm³/mol. The van der Waals surface area contributed by atoms with Crippen molar-refractivity contribution in [3.8, 4) is 0 Å². The van der Waals surface area contributed by atoms with Crippen molar-refractivity contribution >= 4 is 33.3 Å². The Morgan fingerprint density at radius 1 is 1.16 bits per heavy atom. The van der Waals surface area contributed by atoms with Crippen molar-refractivity contribution in [2.45, 2.75) is 6.54 Å². The second kappa shape index (κ2) is 5.17. The van der Waals surface area contributed by atoms with Crippen molar-refractivity contribution < 1.29 is 0 Å². The molecule has 0 aliphatic carbocycles. The maximum atomic E-state index is 5.38. The fourth-order valence-electron chi connectivity index (χ4n) is 1.74. The molecule has 7 heteroatoms. The van der Waals surface area contributed by atoms with Crippen molar-refractivity contribution in [2.24, 2.45) is 5.84 Å². The number of nitrogen functional groups attached to an aromatic ring is 1. The van der Waals surface area contributed by atoms with Crippen LogP contribution in [0.1, 0.15) is 5.56 Å². The molecule has 19 heavy (non-hydrogen) atoms. The summed E-state index contributed by atoms with van der Waals surface area (Å²) in [5, 5.41) is 6.28. The first kappa shape index (κ1) is 11.8. The van der Waals surface area contributed by atoms with E-state index in [4.69, 9.17) is 5.84 Å². The Bertz CT molecular complexity index is 681. The standard InChI is InChI=1S/C12H12N6S/c13-18-12-16-10(9-3-6-19-11(9)17-12)15-7-8-1-4-14-5-2-8/h1-6H,7,13H2,(H2,15,16,17,18). The number of aromatic nitrogens is 3. The van der Waals surface area contributed by atoms with E-state index in [2.05, 4.69) is 25.7 Å². The minimum Gasteiger partial charge on any atom is -0.365 e. The van der Waals surface area contributed by atoms with Gasteiger partial charge in [0.05, 0.1) is 5.39 Å². The molecule has 0 aromatic carbocycles. The smallest absolute Gasteiger partial charge is 0.240 e. The molecule has 4 N–H and O–H groups in total. The number of nitrogens with two attached hydrogens (primary N) is 1. The van der Waals surface area contributed by atoms with Gasteiger partial charge in [-0.05, 0) is 29.1 Å².